The summed E-state index contributed by atoms with van der Waals surface area (Å²) in [5.74, 6) is -1.20. The van der Waals surface area contributed by atoms with Gasteiger partial charge in [-0.05, 0) is 12.8 Å². The van der Waals surface area contributed by atoms with Crippen LogP contribution in [0.3, 0.4) is 0 Å². The van der Waals surface area contributed by atoms with Crippen molar-refractivity contribution in [2.24, 2.45) is 11.8 Å². The summed E-state index contributed by atoms with van der Waals surface area (Å²) in [6, 6.07) is 0. The standard InChI is InChI=1S/C9H14O3/c1-2-3-4-8(10)6-5-7(6)9(11)12/h6-7H,2-5H2,1H3,(H,11,12). The van der Waals surface area contributed by atoms with Gasteiger partial charge in [0.2, 0.25) is 0 Å². The zero-order valence-corrected chi connectivity index (χ0v) is 7.25. The first-order valence-electron chi connectivity index (χ1n) is 4.42. The Morgan fingerprint density at radius 1 is 1.42 bits per heavy atom. The van der Waals surface area contributed by atoms with Crippen molar-refractivity contribution in [3.63, 3.8) is 0 Å². The van der Waals surface area contributed by atoms with E-state index in [2.05, 4.69) is 0 Å². The molecule has 0 radical (unpaired) electrons. The zero-order valence-electron chi connectivity index (χ0n) is 7.25. The Morgan fingerprint density at radius 2 is 2.08 bits per heavy atom. The van der Waals surface area contributed by atoms with E-state index in [-0.39, 0.29) is 17.6 Å². The molecule has 1 aliphatic rings. The van der Waals surface area contributed by atoms with Gasteiger partial charge in [0.25, 0.3) is 0 Å². The SMILES string of the molecule is CCCCC(=O)C1CC1C(=O)O. The van der Waals surface area contributed by atoms with Gasteiger partial charge in [-0.1, -0.05) is 13.3 Å². The van der Waals surface area contributed by atoms with Crippen molar-refractivity contribution in [2.75, 3.05) is 0 Å². The van der Waals surface area contributed by atoms with Crippen molar-refractivity contribution in [1.82, 2.24) is 0 Å². The Balaban J connectivity index is 2.24. The van der Waals surface area contributed by atoms with Crippen molar-refractivity contribution in [3.05, 3.63) is 0 Å². The van der Waals surface area contributed by atoms with E-state index in [1.54, 1.807) is 0 Å². The maximum absolute atomic E-state index is 11.2. The average Bonchev–Trinajstić information content (AvgIpc) is 2.78. The quantitative estimate of drug-likeness (QED) is 0.679. The molecule has 1 aliphatic carbocycles. The summed E-state index contributed by atoms with van der Waals surface area (Å²) in [7, 11) is 0. The van der Waals surface area contributed by atoms with E-state index >= 15 is 0 Å². The number of rotatable bonds is 5. The van der Waals surface area contributed by atoms with Crippen LogP contribution in [0.25, 0.3) is 0 Å². The molecule has 0 heterocycles. The first-order valence-corrected chi connectivity index (χ1v) is 4.42. The highest BCUT2D eigenvalue weighted by Gasteiger charge is 2.47. The van der Waals surface area contributed by atoms with Crippen LogP contribution < -0.4 is 0 Å². The molecule has 0 bridgehead atoms. The molecule has 1 fully saturated rings. The minimum atomic E-state index is -0.815. The Morgan fingerprint density at radius 3 is 2.50 bits per heavy atom. The molecule has 0 spiro atoms. The summed E-state index contributed by atoms with van der Waals surface area (Å²) in [5.41, 5.74) is 0. The van der Waals surface area contributed by atoms with Gasteiger partial charge in [0, 0.05) is 12.3 Å². The van der Waals surface area contributed by atoms with Crippen molar-refractivity contribution < 1.29 is 14.7 Å². The number of Topliss-reactive ketones (excluding diaryl/α,β-unsaturated/α-hetero) is 1. The topological polar surface area (TPSA) is 54.4 Å². The second-order valence-electron chi connectivity index (χ2n) is 3.36. The second-order valence-corrected chi connectivity index (χ2v) is 3.36. The van der Waals surface area contributed by atoms with Gasteiger partial charge in [-0.3, -0.25) is 9.59 Å². The number of aliphatic carboxylic acids is 1. The maximum atomic E-state index is 11.2. The Hall–Kier alpha value is -0.860. The number of carboxylic acids is 1. The van der Waals surface area contributed by atoms with Crippen LogP contribution in [0.1, 0.15) is 32.6 Å². The minimum Gasteiger partial charge on any atom is -0.481 e. The van der Waals surface area contributed by atoms with E-state index in [4.69, 9.17) is 5.11 Å². The third kappa shape index (κ3) is 2.06. The molecule has 2 atom stereocenters. The lowest BCUT2D eigenvalue weighted by molar-refractivity contribution is -0.140. The lowest BCUT2D eigenvalue weighted by Gasteiger charge is -1.95. The molecule has 2 unspecified atom stereocenters. The van der Waals surface area contributed by atoms with Gasteiger partial charge in [-0.15, -0.1) is 0 Å². The molecule has 3 heteroatoms. The zero-order chi connectivity index (χ0) is 9.14. The molecule has 12 heavy (non-hydrogen) atoms. The van der Waals surface area contributed by atoms with Crippen molar-refractivity contribution in [3.8, 4) is 0 Å². The van der Waals surface area contributed by atoms with E-state index in [0.717, 1.165) is 12.8 Å². The Kier molecular flexibility index (Phi) is 2.84. The summed E-state index contributed by atoms with van der Waals surface area (Å²) in [6.45, 7) is 2.02. The van der Waals surface area contributed by atoms with Gasteiger partial charge in [-0.2, -0.15) is 0 Å². The highest BCUT2D eigenvalue weighted by atomic mass is 16.4. The van der Waals surface area contributed by atoms with E-state index in [1.807, 2.05) is 6.92 Å². The third-order valence-corrected chi connectivity index (χ3v) is 2.30. The van der Waals surface area contributed by atoms with Gasteiger partial charge in [0.15, 0.2) is 0 Å². The fourth-order valence-electron chi connectivity index (χ4n) is 1.36. The summed E-state index contributed by atoms with van der Waals surface area (Å²) < 4.78 is 0. The Labute approximate surface area is 71.8 Å². The van der Waals surface area contributed by atoms with Crippen LogP contribution in [-0.2, 0) is 9.59 Å². The lowest BCUT2D eigenvalue weighted by atomic mass is 10.1. The molecule has 0 aliphatic heterocycles. The number of carbonyl (C=O) groups excluding carboxylic acids is 1. The first kappa shape index (κ1) is 9.23. The van der Waals surface area contributed by atoms with Crippen LogP contribution in [0, 0.1) is 11.8 Å². The van der Waals surface area contributed by atoms with Gasteiger partial charge >= 0.3 is 5.97 Å². The molecule has 0 amide bonds. The highest BCUT2D eigenvalue weighted by Crippen LogP contribution is 2.40. The van der Waals surface area contributed by atoms with E-state index in [0.29, 0.717) is 12.8 Å². The minimum absolute atomic E-state index is 0.143. The summed E-state index contributed by atoms with van der Waals surface area (Å²) in [4.78, 5) is 21.6. The molecule has 1 N–H and O–H groups in total. The van der Waals surface area contributed by atoms with Gasteiger partial charge in [0.1, 0.15) is 5.78 Å². The summed E-state index contributed by atoms with van der Waals surface area (Å²) >= 11 is 0. The van der Waals surface area contributed by atoms with Gasteiger partial charge in [0.05, 0.1) is 5.92 Å². The van der Waals surface area contributed by atoms with Crippen molar-refractivity contribution in [2.45, 2.75) is 32.6 Å². The molecular formula is C9H14O3. The molecular weight excluding hydrogens is 156 g/mol. The first-order chi connectivity index (χ1) is 5.66. The van der Waals surface area contributed by atoms with Crippen LogP contribution in [0.15, 0.2) is 0 Å². The molecule has 1 saturated carbocycles. The molecule has 68 valence electrons. The van der Waals surface area contributed by atoms with E-state index in [1.165, 1.54) is 0 Å². The maximum Gasteiger partial charge on any atom is 0.307 e. The third-order valence-electron chi connectivity index (χ3n) is 2.30. The van der Waals surface area contributed by atoms with Gasteiger partial charge in [-0.25, -0.2) is 0 Å². The summed E-state index contributed by atoms with van der Waals surface area (Å²) in [6.07, 6.45) is 3.01. The van der Waals surface area contributed by atoms with E-state index in [9.17, 15) is 9.59 Å². The molecule has 0 aromatic rings. The largest absolute Gasteiger partial charge is 0.481 e. The molecule has 3 nitrogen and oxygen atoms in total. The van der Waals surface area contributed by atoms with Crippen LogP contribution in [0.4, 0.5) is 0 Å². The number of hydrogen-bond donors (Lipinski definition) is 1. The number of hydrogen-bond acceptors (Lipinski definition) is 2. The van der Waals surface area contributed by atoms with Crippen LogP contribution >= 0.6 is 0 Å². The number of carbonyl (C=O) groups is 2. The van der Waals surface area contributed by atoms with Crippen LogP contribution in [0.5, 0.6) is 0 Å². The lowest BCUT2D eigenvalue weighted by Crippen LogP contribution is -2.07. The second kappa shape index (κ2) is 3.70. The summed E-state index contributed by atoms with van der Waals surface area (Å²) in [5, 5.41) is 8.55. The fourth-order valence-corrected chi connectivity index (χ4v) is 1.36. The van der Waals surface area contributed by atoms with Crippen LogP contribution in [-0.4, -0.2) is 16.9 Å². The van der Waals surface area contributed by atoms with Gasteiger partial charge < -0.3 is 5.11 Å². The van der Waals surface area contributed by atoms with Crippen molar-refractivity contribution in [1.29, 1.82) is 0 Å². The number of ketones is 1. The average molecular weight is 170 g/mol. The smallest absolute Gasteiger partial charge is 0.307 e. The molecule has 0 aromatic carbocycles. The monoisotopic (exact) mass is 170 g/mol. The fraction of sp³-hybridized carbons (Fsp3) is 0.778. The predicted octanol–water partition coefficient (Wildman–Crippen LogP) is 1.47. The molecule has 1 rings (SSSR count). The van der Waals surface area contributed by atoms with E-state index < -0.39 is 5.97 Å². The Bertz CT molecular complexity index is 198. The predicted molar refractivity (Wildman–Crippen MR) is 43.8 cm³/mol. The normalized spacial score (nSPS) is 26.8. The van der Waals surface area contributed by atoms with Crippen molar-refractivity contribution >= 4 is 11.8 Å². The molecule has 0 saturated heterocycles. The number of unbranched alkanes of at least 4 members (excludes halogenated alkanes) is 1. The highest BCUT2D eigenvalue weighted by molar-refractivity contribution is 5.90. The van der Waals surface area contributed by atoms with Crippen LogP contribution in [0.2, 0.25) is 0 Å². The molecule has 0 aromatic heterocycles. The number of carboxylic acid groups (broad SMARTS) is 1.